The highest BCUT2D eigenvalue weighted by molar-refractivity contribution is 9.10. The highest BCUT2D eigenvalue weighted by Crippen LogP contribution is 2.29. The van der Waals surface area contributed by atoms with Gasteiger partial charge in [0, 0.05) is 19.1 Å². The van der Waals surface area contributed by atoms with Crippen LogP contribution in [-0.2, 0) is 0 Å². The third-order valence-electron chi connectivity index (χ3n) is 4.48. The molecule has 1 N–H and O–H groups in total. The molecule has 19 heavy (non-hydrogen) atoms. The predicted octanol–water partition coefficient (Wildman–Crippen LogP) is 3.57. The molecule has 0 spiro atoms. The van der Waals surface area contributed by atoms with Crippen LogP contribution in [0.2, 0.25) is 0 Å². The van der Waals surface area contributed by atoms with Gasteiger partial charge >= 0.3 is 0 Å². The number of furan rings is 1. The van der Waals surface area contributed by atoms with Crippen LogP contribution in [-0.4, -0.2) is 30.6 Å². The number of hydrogen-bond acceptors (Lipinski definition) is 3. The minimum atomic E-state index is 0.385. The van der Waals surface area contributed by atoms with E-state index in [1.54, 1.807) is 0 Å². The molecule has 2 heterocycles. The number of nitrogens with one attached hydrogen (secondary N) is 1. The van der Waals surface area contributed by atoms with E-state index in [4.69, 9.17) is 4.42 Å². The van der Waals surface area contributed by atoms with Gasteiger partial charge in [0.2, 0.25) is 0 Å². The van der Waals surface area contributed by atoms with Crippen LogP contribution in [0.4, 0.5) is 0 Å². The van der Waals surface area contributed by atoms with E-state index in [0.717, 1.165) is 22.4 Å². The molecule has 1 saturated carbocycles. The van der Waals surface area contributed by atoms with Crippen molar-refractivity contribution in [3.63, 3.8) is 0 Å². The molecule has 1 aromatic rings. The predicted molar refractivity (Wildman–Crippen MR) is 80.1 cm³/mol. The van der Waals surface area contributed by atoms with Crippen molar-refractivity contribution in [2.75, 3.05) is 19.6 Å². The molecule has 0 radical (unpaired) electrons. The van der Waals surface area contributed by atoms with E-state index < -0.39 is 0 Å². The molecule has 1 unspecified atom stereocenters. The van der Waals surface area contributed by atoms with Crippen molar-refractivity contribution in [1.29, 1.82) is 0 Å². The molecule has 0 amide bonds. The lowest BCUT2D eigenvalue weighted by Crippen LogP contribution is -2.43. The van der Waals surface area contributed by atoms with Gasteiger partial charge in [-0.05, 0) is 73.1 Å². The van der Waals surface area contributed by atoms with Crippen molar-refractivity contribution in [3.05, 3.63) is 22.6 Å². The standard InChI is InChI=1S/C15H23BrN2O/c1-11(14-4-5-15(16)19-14)18-8-6-13(7-9-18)17-10-12-2-3-12/h4-5,11-13,17H,2-3,6-10H2,1H3. The Morgan fingerprint density at radius 1 is 1.32 bits per heavy atom. The van der Waals surface area contributed by atoms with Gasteiger partial charge in [-0.25, -0.2) is 0 Å². The lowest BCUT2D eigenvalue weighted by molar-refractivity contribution is 0.137. The van der Waals surface area contributed by atoms with E-state index in [9.17, 15) is 0 Å². The Morgan fingerprint density at radius 2 is 2.05 bits per heavy atom. The molecule has 1 aromatic heterocycles. The highest BCUT2D eigenvalue weighted by atomic mass is 79.9. The van der Waals surface area contributed by atoms with Gasteiger partial charge in [0.15, 0.2) is 4.67 Å². The minimum Gasteiger partial charge on any atom is -0.453 e. The van der Waals surface area contributed by atoms with Crippen LogP contribution < -0.4 is 5.32 Å². The van der Waals surface area contributed by atoms with Gasteiger partial charge in [0.05, 0.1) is 6.04 Å². The largest absolute Gasteiger partial charge is 0.453 e. The first kappa shape index (κ1) is 13.7. The lowest BCUT2D eigenvalue weighted by Gasteiger charge is -2.35. The van der Waals surface area contributed by atoms with E-state index in [0.29, 0.717) is 6.04 Å². The maximum Gasteiger partial charge on any atom is 0.169 e. The van der Waals surface area contributed by atoms with E-state index in [1.807, 2.05) is 6.07 Å². The molecule has 2 fully saturated rings. The minimum absolute atomic E-state index is 0.385. The highest BCUT2D eigenvalue weighted by Gasteiger charge is 2.27. The Kier molecular flexibility index (Phi) is 4.30. The molecule has 1 aliphatic carbocycles. The molecular weight excluding hydrogens is 304 g/mol. The molecule has 0 aromatic carbocycles. The zero-order valence-electron chi connectivity index (χ0n) is 11.6. The molecule has 4 heteroatoms. The molecule has 1 saturated heterocycles. The maximum atomic E-state index is 5.67. The zero-order chi connectivity index (χ0) is 13.2. The van der Waals surface area contributed by atoms with Crippen LogP contribution in [0.1, 0.15) is 44.4 Å². The van der Waals surface area contributed by atoms with Gasteiger partial charge in [-0.3, -0.25) is 4.90 Å². The molecule has 1 atom stereocenters. The molecule has 1 aliphatic heterocycles. The van der Waals surface area contributed by atoms with Crippen molar-refractivity contribution < 1.29 is 4.42 Å². The molecular formula is C15H23BrN2O. The fraction of sp³-hybridized carbons (Fsp3) is 0.733. The van der Waals surface area contributed by atoms with Crippen LogP contribution in [0, 0.1) is 5.92 Å². The average Bonchev–Trinajstić information content (AvgIpc) is 3.17. The number of likely N-dealkylation sites (tertiary alicyclic amines) is 1. The van der Waals surface area contributed by atoms with Crippen LogP contribution in [0.25, 0.3) is 0 Å². The third-order valence-corrected chi connectivity index (χ3v) is 4.90. The summed E-state index contributed by atoms with van der Waals surface area (Å²) in [5.74, 6) is 2.05. The van der Waals surface area contributed by atoms with Crippen molar-refractivity contribution in [2.24, 2.45) is 5.92 Å². The summed E-state index contributed by atoms with van der Waals surface area (Å²) in [4.78, 5) is 2.53. The Bertz CT molecular complexity index is 408. The van der Waals surface area contributed by atoms with Crippen LogP contribution in [0.15, 0.2) is 21.2 Å². The summed E-state index contributed by atoms with van der Waals surface area (Å²) in [7, 11) is 0. The number of piperidine rings is 1. The lowest BCUT2D eigenvalue weighted by atomic mass is 10.0. The SMILES string of the molecule is CC(c1ccc(Br)o1)N1CCC(NCC2CC2)CC1. The zero-order valence-corrected chi connectivity index (χ0v) is 13.2. The first-order valence-corrected chi connectivity index (χ1v) is 8.24. The summed E-state index contributed by atoms with van der Waals surface area (Å²) in [6, 6.07) is 5.17. The normalized spacial score (nSPS) is 23.7. The maximum absolute atomic E-state index is 5.67. The average molecular weight is 327 g/mol. The first-order chi connectivity index (χ1) is 9.22. The molecule has 0 bridgehead atoms. The van der Waals surface area contributed by atoms with Crippen LogP contribution >= 0.6 is 15.9 Å². The van der Waals surface area contributed by atoms with Gasteiger partial charge in [0.25, 0.3) is 0 Å². The topological polar surface area (TPSA) is 28.4 Å². The smallest absolute Gasteiger partial charge is 0.169 e. The summed E-state index contributed by atoms with van der Waals surface area (Å²) in [6.07, 6.45) is 5.41. The van der Waals surface area contributed by atoms with Crippen molar-refractivity contribution in [2.45, 2.75) is 44.7 Å². The number of nitrogens with zero attached hydrogens (tertiary/aromatic N) is 1. The van der Waals surface area contributed by atoms with Crippen LogP contribution in [0.3, 0.4) is 0 Å². The summed E-state index contributed by atoms with van der Waals surface area (Å²) >= 11 is 3.38. The Morgan fingerprint density at radius 3 is 2.63 bits per heavy atom. The Labute approximate surface area is 123 Å². The molecule has 3 nitrogen and oxygen atoms in total. The molecule has 3 rings (SSSR count). The molecule has 2 aliphatic rings. The second kappa shape index (κ2) is 5.98. The quantitative estimate of drug-likeness (QED) is 0.896. The van der Waals surface area contributed by atoms with E-state index in [1.165, 1.54) is 45.3 Å². The van der Waals surface area contributed by atoms with Crippen molar-refractivity contribution >= 4 is 15.9 Å². The fourth-order valence-corrected chi connectivity index (χ4v) is 3.20. The number of hydrogen-bond donors (Lipinski definition) is 1. The van der Waals surface area contributed by atoms with E-state index in [-0.39, 0.29) is 0 Å². The van der Waals surface area contributed by atoms with Gasteiger partial charge < -0.3 is 9.73 Å². The van der Waals surface area contributed by atoms with E-state index in [2.05, 4.69) is 39.1 Å². The van der Waals surface area contributed by atoms with Gasteiger partial charge in [-0.2, -0.15) is 0 Å². The summed E-state index contributed by atoms with van der Waals surface area (Å²) in [5, 5.41) is 3.73. The van der Waals surface area contributed by atoms with Gasteiger partial charge in [-0.15, -0.1) is 0 Å². The summed E-state index contributed by atoms with van der Waals surface area (Å²) < 4.78 is 6.50. The van der Waals surface area contributed by atoms with Gasteiger partial charge in [0.1, 0.15) is 5.76 Å². The second-order valence-electron chi connectivity index (χ2n) is 5.98. The summed E-state index contributed by atoms with van der Waals surface area (Å²) in [6.45, 7) is 5.82. The van der Waals surface area contributed by atoms with Crippen molar-refractivity contribution in [1.82, 2.24) is 10.2 Å². The van der Waals surface area contributed by atoms with Gasteiger partial charge in [-0.1, -0.05) is 0 Å². The van der Waals surface area contributed by atoms with E-state index >= 15 is 0 Å². The summed E-state index contributed by atoms with van der Waals surface area (Å²) in [5.41, 5.74) is 0. The molecule has 106 valence electrons. The van der Waals surface area contributed by atoms with Crippen LogP contribution in [0.5, 0.6) is 0 Å². The second-order valence-corrected chi connectivity index (χ2v) is 6.76. The van der Waals surface area contributed by atoms with Crippen molar-refractivity contribution in [3.8, 4) is 0 Å². The monoisotopic (exact) mass is 326 g/mol. The fourth-order valence-electron chi connectivity index (χ4n) is 2.88. The Hall–Kier alpha value is -0.320. The Balaban J connectivity index is 1.46. The first-order valence-electron chi connectivity index (χ1n) is 7.45. The third kappa shape index (κ3) is 3.61. The number of halogens is 1. The number of rotatable bonds is 5.